The lowest BCUT2D eigenvalue weighted by Crippen LogP contribution is -2.15. The van der Waals surface area contributed by atoms with Gasteiger partial charge in [0.25, 0.3) is 0 Å². The first-order valence-electron chi connectivity index (χ1n) is 9.62. The van der Waals surface area contributed by atoms with E-state index in [-0.39, 0.29) is 5.75 Å². The lowest BCUT2D eigenvalue weighted by Gasteiger charge is -2.25. The Bertz CT molecular complexity index is 966. The number of hydrogen-bond acceptors (Lipinski definition) is 4. The molecule has 2 heterocycles. The molecule has 4 rings (SSSR count). The second-order valence-corrected chi connectivity index (χ2v) is 7.39. The molecule has 0 spiro atoms. The summed E-state index contributed by atoms with van der Waals surface area (Å²) < 4.78 is 33.0. The molecule has 5 nitrogen and oxygen atoms in total. The zero-order valence-electron chi connectivity index (χ0n) is 16.1. The van der Waals surface area contributed by atoms with E-state index in [2.05, 4.69) is 9.97 Å². The van der Waals surface area contributed by atoms with Gasteiger partial charge < -0.3 is 14.2 Å². The standard InChI is InChI=1S/C21H24F2N4O/c1-26-13-25-16-12-24-20(11-18(16)26)27(2)17-9-8-15(10-19(17)28-21(22)23)14-6-4-3-5-7-14/h8-14,21H,3-7H2,1-2H3. The molecule has 1 aliphatic carbocycles. The highest BCUT2D eigenvalue weighted by Gasteiger charge is 2.21. The van der Waals surface area contributed by atoms with Gasteiger partial charge in [-0.1, -0.05) is 25.3 Å². The van der Waals surface area contributed by atoms with Crippen LogP contribution in [0.4, 0.5) is 20.3 Å². The summed E-state index contributed by atoms with van der Waals surface area (Å²) in [7, 11) is 3.71. The van der Waals surface area contributed by atoms with Crippen LogP contribution in [-0.2, 0) is 7.05 Å². The Kier molecular flexibility index (Phi) is 5.15. The second-order valence-electron chi connectivity index (χ2n) is 7.39. The number of halogens is 2. The molecule has 0 N–H and O–H groups in total. The highest BCUT2D eigenvalue weighted by atomic mass is 19.3. The lowest BCUT2D eigenvalue weighted by atomic mass is 9.84. The maximum Gasteiger partial charge on any atom is 0.387 e. The predicted molar refractivity (Wildman–Crippen MR) is 105 cm³/mol. The predicted octanol–water partition coefficient (Wildman–Crippen LogP) is 5.39. The van der Waals surface area contributed by atoms with Crippen LogP contribution in [0, 0.1) is 0 Å². The molecule has 2 aromatic heterocycles. The summed E-state index contributed by atoms with van der Waals surface area (Å²) in [5, 5.41) is 0. The molecule has 1 aliphatic rings. The third kappa shape index (κ3) is 3.66. The van der Waals surface area contributed by atoms with Crippen LogP contribution in [0.15, 0.2) is 36.8 Å². The van der Waals surface area contributed by atoms with Crippen molar-refractivity contribution in [3.05, 3.63) is 42.4 Å². The molecule has 0 radical (unpaired) electrons. The summed E-state index contributed by atoms with van der Waals surface area (Å²) in [5.74, 6) is 1.24. The van der Waals surface area contributed by atoms with Gasteiger partial charge in [-0.25, -0.2) is 9.97 Å². The molecule has 0 saturated heterocycles. The first-order chi connectivity index (χ1) is 13.5. The van der Waals surface area contributed by atoms with E-state index < -0.39 is 6.61 Å². The fourth-order valence-electron chi connectivity index (χ4n) is 4.01. The number of pyridine rings is 1. The Hall–Kier alpha value is -2.70. The van der Waals surface area contributed by atoms with Crippen LogP contribution in [0.3, 0.4) is 0 Å². The number of hydrogen-bond donors (Lipinski definition) is 0. The molecular weight excluding hydrogens is 362 g/mol. The van der Waals surface area contributed by atoms with Crippen molar-refractivity contribution in [2.45, 2.75) is 44.6 Å². The van der Waals surface area contributed by atoms with E-state index in [9.17, 15) is 8.78 Å². The average molecular weight is 386 g/mol. The number of aromatic nitrogens is 3. The molecule has 148 valence electrons. The van der Waals surface area contributed by atoms with Gasteiger partial charge in [-0.05, 0) is 36.5 Å². The number of fused-ring (bicyclic) bond motifs is 1. The summed E-state index contributed by atoms with van der Waals surface area (Å²) in [5.41, 5.74) is 3.35. The number of benzene rings is 1. The topological polar surface area (TPSA) is 43.2 Å². The van der Waals surface area contributed by atoms with E-state index in [1.807, 2.05) is 29.8 Å². The van der Waals surface area contributed by atoms with Crippen LogP contribution in [0.25, 0.3) is 11.0 Å². The summed E-state index contributed by atoms with van der Waals surface area (Å²) >= 11 is 0. The van der Waals surface area contributed by atoms with Crippen LogP contribution in [0.5, 0.6) is 5.75 Å². The molecule has 0 atom stereocenters. The van der Waals surface area contributed by atoms with Gasteiger partial charge in [-0.15, -0.1) is 0 Å². The minimum Gasteiger partial charge on any atom is -0.433 e. The van der Waals surface area contributed by atoms with E-state index in [0.717, 1.165) is 29.4 Å². The second kappa shape index (κ2) is 7.73. The quantitative estimate of drug-likeness (QED) is 0.590. The minimum atomic E-state index is -2.87. The molecule has 0 amide bonds. The van der Waals surface area contributed by atoms with Crippen molar-refractivity contribution in [3.8, 4) is 5.75 Å². The summed E-state index contributed by atoms with van der Waals surface area (Å²) in [6.45, 7) is -2.87. The number of imidazole rings is 1. The first-order valence-corrected chi connectivity index (χ1v) is 9.62. The SMILES string of the molecule is CN(c1cc2c(cn1)ncn2C)c1ccc(C2CCCCC2)cc1OC(F)F. The summed E-state index contributed by atoms with van der Waals surface area (Å²) in [4.78, 5) is 10.5. The molecule has 1 aromatic carbocycles. The number of nitrogens with zero attached hydrogens (tertiary/aromatic N) is 4. The zero-order valence-corrected chi connectivity index (χ0v) is 16.1. The number of aryl methyl sites for hydroxylation is 1. The normalized spacial score (nSPS) is 15.3. The van der Waals surface area contributed by atoms with Crippen molar-refractivity contribution in [2.24, 2.45) is 7.05 Å². The van der Waals surface area contributed by atoms with Gasteiger partial charge in [-0.2, -0.15) is 8.78 Å². The molecule has 0 bridgehead atoms. The van der Waals surface area contributed by atoms with Gasteiger partial charge in [0, 0.05) is 20.2 Å². The van der Waals surface area contributed by atoms with Crippen LogP contribution in [-0.4, -0.2) is 28.2 Å². The summed E-state index contributed by atoms with van der Waals surface area (Å²) in [6.07, 6.45) is 9.23. The van der Waals surface area contributed by atoms with Gasteiger partial charge in [0.2, 0.25) is 0 Å². The Morgan fingerprint density at radius 3 is 2.68 bits per heavy atom. The molecule has 28 heavy (non-hydrogen) atoms. The maximum absolute atomic E-state index is 13.1. The maximum atomic E-state index is 13.1. The zero-order chi connectivity index (χ0) is 19.7. The fourth-order valence-corrected chi connectivity index (χ4v) is 4.01. The van der Waals surface area contributed by atoms with Gasteiger partial charge >= 0.3 is 6.61 Å². The van der Waals surface area contributed by atoms with E-state index >= 15 is 0 Å². The third-order valence-corrected chi connectivity index (χ3v) is 5.58. The molecular formula is C21H24F2N4O. The number of ether oxygens (including phenoxy) is 1. The van der Waals surface area contributed by atoms with Crippen LogP contribution < -0.4 is 9.64 Å². The smallest absolute Gasteiger partial charge is 0.387 e. The van der Waals surface area contributed by atoms with Crippen molar-refractivity contribution >= 4 is 22.5 Å². The Balaban J connectivity index is 1.70. The van der Waals surface area contributed by atoms with Gasteiger partial charge in [0.1, 0.15) is 17.1 Å². The Morgan fingerprint density at radius 2 is 1.93 bits per heavy atom. The largest absolute Gasteiger partial charge is 0.433 e. The monoisotopic (exact) mass is 386 g/mol. The Labute approximate surface area is 163 Å². The first kappa shape index (κ1) is 18.7. The number of rotatable bonds is 5. The minimum absolute atomic E-state index is 0.187. The molecule has 3 aromatic rings. The van der Waals surface area contributed by atoms with E-state index in [1.165, 1.54) is 19.3 Å². The average Bonchev–Trinajstić information content (AvgIpc) is 3.08. The van der Waals surface area contributed by atoms with Gasteiger partial charge in [0.05, 0.1) is 23.7 Å². The van der Waals surface area contributed by atoms with E-state index in [1.54, 1.807) is 30.5 Å². The summed E-state index contributed by atoms with van der Waals surface area (Å²) in [6, 6.07) is 7.56. The molecule has 0 unspecified atom stereocenters. The highest BCUT2D eigenvalue weighted by Crippen LogP contribution is 2.39. The lowest BCUT2D eigenvalue weighted by molar-refractivity contribution is -0.0495. The molecule has 0 aliphatic heterocycles. The van der Waals surface area contributed by atoms with Crippen LogP contribution >= 0.6 is 0 Å². The number of alkyl halides is 2. The number of anilines is 2. The highest BCUT2D eigenvalue weighted by molar-refractivity contribution is 5.79. The fraction of sp³-hybridized carbons (Fsp3) is 0.429. The van der Waals surface area contributed by atoms with Crippen molar-refractivity contribution in [1.82, 2.24) is 14.5 Å². The van der Waals surface area contributed by atoms with Crippen LogP contribution in [0.1, 0.15) is 43.6 Å². The van der Waals surface area contributed by atoms with Crippen molar-refractivity contribution < 1.29 is 13.5 Å². The van der Waals surface area contributed by atoms with Crippen molar-refractivity contribution in [3.63, 3.8) is 0 Å². The Morgan fingerprint density at radius 1 is 1.14 bits per heavy atom. The van der Waals surface area contributed by atoms with E-state index in [0.29, 0.717) is 17.4 Å². The van der Waals surface area contributed by atoms with Crippen molar-refractivity contribution in [2.75, 3.05) is 11.9 Å². The molecule has 7 heteroatoms. The van der Waals surface area contributed by atoms with Crippen molar-refractivity contribution in [1.29, 1.82) is 0 Å². The van der Waals surface area contributed by atoms with E-state index in [4.69, 9.17) is 4.74 Å². The van der Waals surface area contributed by atoms with Crippen LogP contribution in [0.2, 0.25) is 0 Å². The van der Waals surface area contributed by atoms with Gasteiger partial charge in [-0.3, -0.25) is 0 Å². The third-order valence-electron chi connectivity index (χ3n) is 5.58. The molecule has 1 saturated carbocycles. The van der Waals surface area contributed by atoms with Gasteiger partial charge in [0.15, 0.2) is 0 Å². The molecule has 1 fully saturated rings.